The molecule has 12 nitrogen and oxygen atoms in total. The molecule has 0 spiro atoms. The molecule has 14 heteroatoms. The number of pyridine rings is 1. The zero-order chi connectivity index (χ0) is 32.7. The van der Waals surface area contributed by atoms with Crippen LogP contribution in [0.4, 0.5) is 25.0 Å². The van der Waals surface area contributed by atoms with E-state index in [1.165, 1.54) is 58.9 Å². The molecule has 2 fully saturated rings. The molecule has 0 saturated carbocycles. The van der Waals surface area contributed by atoms with Crippen LogP contribution < -0.4 is 25.3 Å². The Labute approximate surface area is 260 Å². The standard InChI is InChI=1S/C32H28F2N4O8/c1-17(39)35-13-22-15-38(32(44)46-22)19-4-7-29(26(34)10-19)45-21-8-9-36(14-21)28-12-27-23(11-25(28)33)30(41)24(31(42)43)16-37(27)18-2-5-20(40)6-3-18/h2-7,10-12,16,21-22,40H,8-9,13-15H2,1H3,(H,35,39)(H,42,43). The number of aromatic hydroxyl groups is 1. The minimum atomic E-state index is -1.46. The van der Waals surface area contributed by atoms with Crippen molar-refractivity contribution in [2.24, 2.45) is 0 Å². The molecular formula is C32H28F2N4O8. The fourth-order valence-electron chi connectivity index (χ4n) is 5.63. The van der Waals surface area contributed by atoms with Crippen molar-refractivity contribution >= 4 is 40.2 Å². The van der Waals surface area contributed by atoms with Gasteiger partial charge in [0.15, 0.2) is 11.6 Å². The summed E-state index contributed by atoms with van der Waals surface area (Å²) in [4.78, 5) is 51.2. The smallest absolute Gasteiger partial charge is 0.414 e. The van der Waals surface area contributed by atoms with E-state index >= 15 is 8.78 Å². The third-order valence-corrected chi connectivity index (χ3v) is 7.89. The van der Waals surface area contributed by atoms with E-state index in [2.05, 4.69) is 5.32 Å². The summed E-state index contributed by atoms with van der Waals surface area (Å²) in [6.07, 6.45) is -0.186. The van der Waals surface area contributed by atoms with E-state index in [1.807, 2.05) is 0 Å². The Balaban J connectivity index is 1.22. The Morgan fingerprint density at radius 3 is 2.46 bits per heavy atom. The van der Waals surface area contributed by atoms with Crippen molar-refractivity contribution in [2.75, 3.05) is 36.0 Å². The number of nitrogens with zero attached hydrogens (tertiary/aromatic N) is 3. The first-order chi connectivity index (χ1) is 22.0. The number of fused-ring (bicyclic) bond motifs is 1. The Morgan fingerprint density at radius 1 is 1.02 bits per heavy atom. The van der Waals surface area contributed by atoms with Gasteiger partial charge in [0.2, 0.25) is 11.3 Å². The van der Waals surface area contributed by atoms with Gasteiger partial charge in [-0.15, -0.1) is 0 Å². The third-order valence-electron chi connectivity index (χ3n) is 7.89. The first-order valence-corrected chi connectivity index (χ1v) is 14.3. The lowest BCUT2D eigenvalue weighted by molar-refractivity contribution is -0.119. The SMILES string of the molecule is CC(=O)NCC1CN(c2ccc(OC3CCN(c4cc5c(cc4F)c(=O)c(C(=O)O)cn5-c4ccc(O)cc4)C3)c(F)c2)C(=O)O1. The normalized spacial score (nSPS) is 17.8. The molecule has 0 radical (unpaired) electrons. The lowest BCUT2D eigenvalue weighted by atomic mass is 10.1. The van der Waals surface area contributed by atoms with Crippen LogP contribution in [0.3, 0.4) is 0 Å². The quantitative estimate of drug-likeness (QED) is 0.263. The van der Waals surface area contributed by atoms with E-state index in [9.17, 15) is 29.4 Å². The number of carbonyl (C=O) groups is 3. The molecule has 0 bridgehead atoms. The Morgan fingerprint density at radius 2 is 1.76 bits per heavy atom. The lowest BCUT2D eigenvalue weighted by Crippen LogP contribution is -2.33. The van der Waals surface area contributed by atoms with Crippen LogP contribution in [-0.2, 0) is 9.53 Å². The summed E-state index contributed by atoms with van der Waals surface area (Å²) in [5.74, 6) is -3.25. The topological polar surface area (TPSA) is 151 Å². The number of phenolic OH excluding ortho intramolecular Hbond substituents is 1. The molecule has 3 aromatic carbocycles. The average molecular weight is 635 g/mol. The number of aromatic carboxylic acids is 1. The number of halogens is 2. The Kier molecular flexibility index (Phi) is 7.94. The van der Waals surface area contributed by atoms with Gasteiger partial charge in [-0.1, -0.05) is 0 Å². The second-order valence-electron chi connectivity index (χ2n) is 11.0. The van der Waals surface area contributed by atoms with E-state index in [0.717, 1.165) is 18.3 Å². The van der Waals surface area contributed by atoms with E-state index in [-0.39, 0.29) is 59.3 Å². The van der Waals surface area contributed by atoms with Gasteiger partial charge < -0.3 is 34.5 Å². The van der Waals surface area contributed by atoms with Crippen molar-refractivity contribution in [1.29, 1.82) is 0 Å². The third kappa shape index (κ3) is 5.88. The number of carboxylic acid groups (broad SMARTS) is 1. The zero-order valence-corrected chi connectivity index (χ0v) is 24.4. The van der Waals surface area contributed by atoms with Crippen LogP contribution in [0.25, 0.3) is 16.6 Å². The summed E-state index contributed by atoms with van der Waals surface area (Å²) in [7, 11) is 0. The number of phenols is 1. The first-order valence-electron chi connectivity index (χ1n) is 14.3. The van der Waals surface area contributed by atoms with Gasteiger partial charge >= 0.3 is 12.1 Å². The Hall–Kier alpha value is -5.66. The summed E-state index contributed by atoms with van der Waals surface area (Å²) in [6.45, 7) is 2.14. The summed E-state index contributed by atoms with van der Waals surface area (Å²) < 4.78 is 43.2. The molecule has 2 atom stereocenters. The fourth-order valence-corrected chi connectivity index (χ4v) is 5.63. The summed E-state index contributed by atoms with van der Waals surface area (Å²) in [6, 6.07) is 12.4. The van der Waals surface area contributed by atoms with Gasteiger partial charge in [-0.25, -0.2) is 18.4 Å². The average Bonchev–Trinajstić information content (AvgIpc) is 3.64. The molecule has 46 heavy (non-hydrogen) atoms. The van der Waals surface area contributed by atoms with Crippen molar-refractivity contribution in [2.45, 2.75) is 25.6 Å². The van der Waals surface area contributed by atoms with Crippen molar-refractivity contribution in [1.82, 2.24) is 9.88 Å². The highest BCUT2D eigenvalue weighted by Crippen LogP contribution is 2.32. The molecule has 2 amide bonds. The summed E-state index contributed by atoms with van der Waals surface area (Å²) in [5, 5.41) is 21.8. The molecule has 2 unspecified atom stereocenters. The number of hydrogen-bond acceptors (Lipinski definition) is 8. The van der Waals surface area contributed by atoms with Crippen LogP contribution in [0.15, 0.2) is 65.6 Å². The van der Waals surface area contributed by atoms with E-state index < -0.39 is 46.9 Å². The molecule has 3 heterocycles. The Bertz CT molecular complexity index is 1930. The monoisotopic (exact) mass is 634 g/mol. The molecule has 238 valence electrons. The number of aromatic nitrogens is 1. The predicted molar refractivity (Wildman–Crippen MR) is 162 cm³/mol. The largest absolute Gasteiger partial charge is 0.508 e. The number of rotatable bonds is 8. The van der Waals surface area contributed by atoms with Gasteiger partial charge in [0.25, 0.3) is 0 Å². The van der Waals surface area contributed by atoms with Crippen molar-refractivity contribution < 1.29 is 42.9 Å². The molecule has 3 N–H and O–H groups in total. The molecule has 2 aliphatic rings. The van der Waals surface area contributed by atoms with Crippen LogP contribution >= 0.6 is 0 Å². The number of cyclic esters (lactones) is 1. The number of amides is 2. The number of hydrogen-bond donors (Lipinski definition) is 3. The first kappa shape index (κ1) is 30.4. The van der Waals surface area contributed by atoms with Gasteiger partial charge in [-0.2, -0.15) is 0 Å². The predicted octanol–water partition coefficient (Wildman–Crippen LogP) is 3.79. The van der Waals surface area contributed by atoms with Crippen LogP contribution in [-0.4, -0.2) is 71.1 Å². The van der Waals surface area contributed by atoms with Gasteiger partial charge in [-0.05, 0) is 48.5 Å². The molecule has 4 aromatic rings. The maximum absolute atomic E-state index is 15.5. The number of benzene rings is 3. The number of anilines is 2. The minimum Gasteiger partial charge on any atom is -0.508 e. The summed E-state index contributed by atoms with van der Waals surface area (Å²) >= 11 is 0. The van der Waals surface area contributed by atoms with Crippen molar-refractivity contribution in [3.05, 3.63) is 88.2 Å². The number of carboxylic acids is 1. The van der Waals surface area contributed by atoms with Crippen LogP contribution in [0, 0.1) is 11.6 Å². The molecule has 6 rings (SSSR count). The maximum atomic E-state index is 15.5. The van der Waals surface area contributed by atoms with Crippen LogP contribution in [0.1, 0.15) is 23.7 Å². The second-order valence-corrected chi connectivity index (χ2v) is 11.0. The highest BCUT2D eigenvalue weighted by atomic mass is 19.1. The molecule has 2 saturated heterocycles. The highest BCUT2D eigenvalue weighted by Gasteiger charge is 2.33. The minimum absolute atomic E-state index is 0.0145. The van der Waals surface area contributed by atoms with Crippen LogP contribution in [0.2, 0.25) is 0 Å². The second kappa shape index (κ2) is 12.0. The molecular weight excluding hydrogens is 606 g/mol. The number of nitrogens with one attached hydrogen (secondary N) is 1. The zero-order valence-electron chi connectivity index (χ0n) is 24.4. The number of carbonyl (C=O) groups excluding carboxylic acids is 2. The maximum Gasteiger partial charge on any atom is 0.414 e. The summed E-state index contributed by atoms with van der Waals surface area (Å²) in [5.41, 5.74) is -0.280. The number of ether oxygens (including phenoxy) is 2. The van der Waals surface area contributed by atoms with Gasteiger partial charge in [0.1, 0.15) is 29.3 Å². The van der Waals surface area contributed by atoms with Gasteiger partial charge in [0.05, 0.1) is 36.5 Å². The fraction of sp³-hybridized carbons (Fsp3) is 0.250. The van der Waals surface area contributed by atoms with Crippen LogP contribution in [0.5, 0.6) is 11.5 Å². The molecule has 0 aliphatic carbocycles. The van der Waals surface area contributed by atoms with E-state index in [4.69, 9.17) is 9.47 Å². The highest BCUT2D eigenvalue weighted by molar-refractivity contribution is 5.94. The van der Waals surface area contributed by atoms with E-state index in [1.54, 1.807) is 4.90 Å². The van der Waals surface area contributed by atoms with Gasteiger partial charge in [0, 0.05) is 43.2 Å². The molecule has 2 aliphatic heterocycles. The van der Waals surface area contributed by atoms with Gasteiger partial charge in [-0.3, -0.25) is 14.5 Å². The van der Waals surface area contributed by atoms with E-state index in [0.29, 0.717) is 18.7 Å². The lowest BCUT2D eigenvalue weighted by Gasteiger charge is -2.22. The van der Waals surface area contributed by atoms with Crippen molar-refractivity contribution in [3.63, 3.8) is 0 Å². The van der Waals surface area contributed by atoms with Crippen molar-refractivity contribution in [3.8, 4) is 17.2 Å². The molecule has 1 aromatic heterocycles.